The Morgan fingerprint density at radius 1 is 1.42 bits per heavy atom. The third-order valence-corrected chi connectivity index (χ3v) is 2.97. The van der Waals surface area contributed by atoms with E-state index in [0.717, 1.165) is 17.8 Å². The lowest BCUT2D eigenvalue weighted by molar-refractivity contribution is -0.145. The molecule has 1 aromatic rings. The number of nitrogens with two attached hydrogens (primary N) is 1. The fourth-order valence-corrected chi connectivity index (χ4v) is 1.71. The van der Waals surface area contributed by atoms with Gasteiger partial charge in [-0.05, 0) is 31.9 Å². The quantitative estimate of drug-likeness (QED) is 0.787. The Kier molecular flexibility index (Phi) is 5.76. The largest absolute Gasteiger partial charge is 0.479 e. The number of ether oxygens (including phenoxy) is 1. The molecule has 3 N–H and O–H groups in total. The summed E-state index contributed by atoms with van der Waals surface area (Å²) in [5.74, 6) is -0.447. The predicted octanol–water partition coefficient (Wildman–Crippen LogP) is 1.91. The first-order chi connectivity index (χ1) is 8.97. The van der Waals surface area contributed by atoms with Gasteiger partial charge in [0, 0.05) is 18.2 Å². The minimum absolute atomic E-state index is 0.00144. The average molecular weight is 266 g/mol. The van der Waals surface area contributed by atoms with Crippen LogP contribution in [0.25, 0.3) is 0 Å². The Balaban J connectivity index is 2.95. The maximum Gasteiger partial charge on any atom is 0.344 e. The number of pyridine rings is 1. The normalized spacial score (nSPS) is 13.9. The standard InChI is InChI=1S/C14H22N2O3/c1-4-10(15)8-11-13(7-6-9(3)16-11)19-12(5-2)14(17)18/h6-7,10,12H,4-5,8,15H2,1-3H3,(H,17,18). The average Bonchev–Trinajstić information content (AvgIpc) is 2.37. The van der Waals surface area contributed by atoms with Crippen molar-refractivity contribution >= 4 is 5.97 Å². The second kappa shape index (κ2) is 7.09. The van der Waals surface area contributed by atoms with Crippen molar-refractivity contribution in [3.63, 3.8) is 0 Å². The zero-order valence-electron chi connectivity index (χ0n) is 11.7. The maximum absolute atomic E-state index is 11.0. The molecule has 0 spiro atoms. The van der Waals surface area contributed by atoms with E-state index in [2.05, 4.69) is 4.98 Å². The van der Waals surface area contributed by atoms with E-state index >= 15 is 0 Å². The number of hydrogen-bond donors (Lipinski definition) is 2. The Bertz CT molecular complexity index is 435. The molecule has 1 rings (SSSR count). The molecule has 1 heterocycles. The summed E-state index contributed by atoms with van der Waals surface area (Å²) in [5.41, 5.74) is 7.54. The highest BCUT2D eigenvalue weighted by atomic mass is 16.5. The van der Waals surface area contributed by atoms with Gasteiger partial charge in [0.2, 0.25) is 0 Å². The molecule has 0 saturated carbocycles. The zero-order chi connectivity index (χ0) is 14.4. The second-order valence-electron chi connectivity index (χ2n) is 4.62. The van der Waals surface area contributed by atoms with Crippen LogP contribution in [0, 0.1) is 6.92 Å². The van der Waals surface area contributed by atoms with Gasteiger partial charge >= 0.3 is 5.97 Å². The monoisotopic (exact) mass is 266 g/mol. The molecule has 19 heavy (non-hydrogen) atoms. The van der Waals surface area contributed by atoms with Gasteiger partial charge in [0.25, 0.3) is 0 Å². The molecule has 0 bridgehead atoms. The Labute approximate surface area is 113 Å². The molecule has 0 aliphatic carbocycles. The van der Waals surface area contributed by atoms with Gasteiger partial charge in [0.05, 0.1) is 5.69 Å². The summed E-state index contributed by atoms with van der Waals surface area (Å²) >= 11 is 0. The van der Waals surface area contributed by atoms with Crippen molar-refractivity contribution in [3.05, 3.63) is 23.5 Å². The van der Waals surface area contributed by atoms with E-state index in [9.17, 15) is 4.79 Å². The van der Waals surface area contributed by atoms with Crippen molar-refractivity contribution in [2.45, 2.75) is 52.2 Å². The lowest BCUT2D eigenvalue weighted by atomic mass is 10.1. The zero-order valence-corrected chi connectivity index (χ0v) is 11.7. The number of rotatable bonds is 7. The van der Waals surface area contributed by atoms with E-state index in [4.69, 9.17) is 15.6 Å². The van der Waals surface area contributed by atoms with Gasteiger partial charge in [-0.2, -0.15) is 0 Å². The molecule has 0 radical (unpaired) electrons. The van der Waals surface area contributed by atoms with Crippen LogP contribution in [0.15, 0.2) is 12.1 Å². The smallest absolute Gasteiger partial charge is 0.344 e. The SMILES string of the molecule is CCC(N)Cc1nc(C)ccc1OC(CC)C(=O)O. The molecule has 0 aromatic carbocycles. The molecule has 0 saturated heterocycles. The van der Waals surface area contributed by atoms with Gasteiger partial charge in [-0.15, -0.1) is 0 Å². The number of carbonyl (C=O) groups is 1. The number of aromatic nitrogens is 1. The summed E-state index contributed by atoms with van der Waals surface area (Å²) in [6.45, 7) is 5.67. The molecule has 2 unspecified atom stereocenters. The van der Waals surface area contributed by atoms with Crippen LogP contribution >= 0.6 is 0 Å². The number of aryl methyl sites for hydroxylation is 1. The summed E-state index contributed by atoms with van der Waals surface area (Å²) in [6, 6.07) is 3.58. The number of hydrogen-bond acceptors (Lipinski definition) is 4. The molecule has 1 aromatic heterocycles. The van der Waals surface area contributed by atoms with Crippen molar-refractivity contribution in [3.8, 4) is 5.75 Å². The van der Waals surface area contributed by atoms with Crippen LogP contribution in [-0.2, 0) is 11.2 Å². The van der Waals surface area contributed by atoms with Crippen LogP contribution in [0.3, 0.4) is 0 Å². The van der Waals surface area contributed by atoms with Crippen LogP contribution < -0.4 is 10.5 Å². The summed E-state index contributed by atoms with van der Waals surface area (Å²) in [6.07, 6.45) is 0.984. The Morgan fingerprint density at radius 3 is 2.63 bits per heavy atom. The van der Waals surface area contributed by atoms with Gasteiger partial charge < -0.3 is 15.6 Å². The van der Waals surface area contributed by atoms with E-state index in [1.54, 1.807) is 13.0 Å². The molecular weight excluding hydrogens is 244 g/mol. The van der Waals surface area contributed by atoms with E-state index < -0.39 is 12.1 Å². The minimum atomic E-state index is -0.964. The van der Waals surface area contributed by atoms with Gasteiger partial charge in [-0.25, -0.2) is 4.79 Å². The number of aliphatic carboxylic acids is 1. The molecule has 106 valence electrons. The van der Waals surface area contributed by atoms with E-state index in [1.807, 2.05) is 19.9 Å². The van der Waals surface area contributed by atoms with Gasteiger partial charge in [-0.3, -0.25) is 4.98 Å². The fourth-order valence-electron chi connectivity index (χ4n) is 1.71. The number of carboxylic acid groups (broad SMARTS) is 1. The highest BCUT2D eigenvalue weighted by Gasteiger charge is 2.19. The summed E-state index contributed by atoms with van der Waals surface area (Å²) in [4.78, 5) is 15.4. The molecule has 0 aliphatic rings. The first kappa shape index (κ1) is 15.4. The number of nitrogens with zero attached hydrogens (tertiary/aromatic N) is 1. The summed E-state index contributed by atoms with van der Waals surface area (Å²) < 4.78 is 5.54. The highest BCUT2D eigenvalue weighted by molar-refractivity contribution is 5.72. The maximum atomic E-state index is 11.0. The molecular formula is C14H22N2O3. The Hall–Kier alpha value is -1.62. The number of carboxylic acids is 1. The van der Waals surface area contributed by atoms with Crippen LogP contribution in [0.5, 0.6) is 5.75 Å². The van der Waals surface area contributed by atoms with Gasteiger partial charge in [0.1, 0.15) is 5.75 Å². The molecule has 2 atom stereocenters. The van der Waals surface area contributed by atoms with Gasteiger partial charge in [-0.1, -0.05) is 13.8 Å². The first-order valence-corrected chi connectivity index (χ1v) is 6.59. The summed E-state index contributed by atoms with van der Waals surface area (Å²) in [5, 5.41) is 9.04. The highest BCUT2D eigenvalue weighted by Crippen LogP contribution is 2.21. The lowest BCUT2D eigenvalue weighted by Crippen LogP contribution is -2.28. The second-order valence-corrected chi connectivity index (χ2v) is 4.62. The molecule has 0 aliphatic heterocycles. The Morgan fingerprint density at radius 2 is 2.11 bits per heavy atom. The van der Waals surface area contributed by atoms with Crippen LogP contribution in [0.2, 0.25) is 0 Å². The van der Waals surface area contributed by atoms with Crippen molar-refractivity contribution in [2.75, 3.05) is 0 Å². The first-order valence-electron chi connectivity index (χ1n) is 6.59. The minimum Gasteiger partial charge on any atom is -0.479 e. The third kappa shape index (κ3) is 4.52. The molecule has 0 amide bonds. The van der Waals surface area contributed by atoms with Crippen molar-refractivity contribution in [2.24, 2.45) is 5.73 Å². The van der Waals surface area contributed by atoms with Gasteiger partial charge in [0.15, 0.2) is 6.10 Å². The third-order valence-electron chi connectivity index (χ3n) is 2.97. The van der Waals surface area contributed by atoms with Crippen molar-refractivity contribution < 1.29 is 14.6 Å². The van der Waals surface area contributed by atoms with Crippen LogP contribution in [0.1, 0.15) is 38.1 Å². The summed E-state index contributed by atoms with van der Waals surface area (Å²) in [7, 11) is 0. The lowest BCUT2D eigenvalue weighted by Gasteiger charge is -2.17. The van der Waals surface area contributed by atoms with E-state index in [1.165, 1.54) is 0 Å². The topological polar surface area (TPSA) is 85.4 Å². The molecule has 5 heteroatoms. The molecule has 5 nitrogen and oxygen atoms in total. The van der Waals surface area contributed by atoms with E-state index in [0.29, 0.717) is 18.6 Å². The van der Waals surface area contributed by atoms with E-state index in [-0.39, 0.29) is 6.04 Å². The van der Waals surface area contributed by atoms with Crippen LogP contribution in [-0.4, -0.2) is 28.2 Å². The van der Waals surface area contributed by atoms with Crippen molar-refractivity contribution in [1.29, 1.82) is 0 Å². The predicted molar refractivity (Wildman–Crippen MR) is 73.3 cm³/mol. The molecule has 0 fully saturated rings. The fraction of sp³-hybridized carbons (Fsp3) is 0.571. The van der Waals surface area contributed by atoms with Crippen molar-refractivity contribution in [1.82, 2.24) is 4.98 Å². The van der Waals surface area contributed by atoms with Crippen LogP contribution in [0.4, 0.5) is 0 Å².